The number of aromatic nitrogens is 1. The van der Waals surface area contributed by atoms with E-state index in [0.717, 1.165) is 5.69 Å². The van der Waals surface area contributed by atoms with Crippen molar-refractivity contribution in [2.24, 2.45) is 0 Å². The minimum atomic E-state index is -0.268. The SMILES string of the molecule is Cc1csc(NC(=O)CCc2ccccc2F)n1. The first kappa shape index (κ1) is 12.7. The third kappa shape index (κ3) is 3.37. The second-order valence-electron chi connectivity index (χ2n) is 3.93. The van der Waals surface area contributed by atoms with E-state index >= 15 is 0 Å². The van der Waals surface area contributed by atoms with Gasteiger partial charge in [0, 0.05) is 11.8 Å². The molecule has 1 N–H and O–H groups in total. The van der Waals surface area contributed by atoms with Crippen LogP contribution < -0.4 is 5.32 Å². The van der Waals surface area contributed by atoms with Gasteiger partial charge in [0.25, 0.3) is 0 Å². The molecule has 0 saturated carbocycles. The van der Waals surface area contributed by atoms with Gasteiger partial charge < -0.3 is 5.32 Å². The Hall–Kier alpha value is -1.75. The smallest absolute Gasteiger partial charge is 0.226 e. The fourth-order valence-corrected chi connectivity index (χ4v) is 2.25. The highest BCUT2D eigenvalue weighted by Gasteiger charge is 2.07. The predicted octanol–water partition coefficient (Wildman–Crippen LogP) is 3.16. The van der Waals surface area contributed by atoms with E-state index in [9.17, 15) is 9.18 Å². The van der Waals surface area contributed by atoms with Crippen LogP contribution in [-0.2, 0) is 11.2 Å². The third-order valence-corrected chi connectivity index (χ3v) is 3.32. The molecule has 0 radical (unpaired) electrons. The molecular weight excluding hydrogens is 251 g/mol. The average Bonchev–Trinajstić information content (AvgIpc) is 2.74. The maximum Gasteiger partial charge on any atom is 0.226 e. The number of aryl methyl sites for hydroxylation is 2. The van der Waals surface area contributed by atoms with Crippen LogP contribution in [0.4, 0.5) is 9.52 Å². The van der Waals surface area contributed by atoms with Gasteiger partial charge in [-0.15, -0.1) is 11.3 Å². The molecule has 0 aliphatic carbocycles. The first-order valence-corrected chi connectivity index (χ1v) is 6.48. The molecule has 1 aromatic heterocycles. The lowest BCUT2D eigenvalue weighted by molar-refractivity contribution is -0.116. The zero-order valence-electron chi connectivity index (χ0n) is 9.94. The van der Waals surface area contributed by atoms with Crippen LogP contribution in [0, 0.1) is 12.7 Å². The fraction of sp³-hybridized carbons (Fsp3) is 0.231. The Labute approximate surface area is 109 Å². The number of halogens is 1. The minimum Gasteiger partial charge on any atom is -0.302 e. The quantitative estimate of drug-likeness (QED) is 0.921. The van der Waals surface area contributed by atoms with Crippen LogP contribution in [0.1, 0.15) is 17.7 Å². The van der Waals surface area contributed by atoms with Gasteiger partial charge in [-0.3, -0.25) is 4.79 Å². The first-order valence-electron chi connectivity index (χ1n) is 5.60. The number of carbonyl (C=O) groups excluding carboxylic acids is 1. The molecule has 3 nitrogen and oxygen atoms in total. The van der Waals surface area contributed by atoms with Gasteiger partial charge in [-0.1, -0.05) is 18.2 Å². The van der Waals surface area contributed by atoms with Gasteiger partial charge in [-0.25, -0.2) is 9.37 Å². The number of carbonyl (C=O) groups is 1. The monoisotopic (exact) mass is 264 g/mol. The Balaban J connectivity index is 1.87. The molecule has 2 aromatic rings. The number of nitrogens with one attached hydrogen (secondary N) is 1. The van der Waals surface area contributed by atoms with Crippen LogP contribution in [0.2, 0.25) is 0 Å². The lowest BCUT2D eigenvalue weighted by Gasteiger charge is -2.03. The van der Waals surface area contributed by atoms with Crippen LogP contribution in [0.5, 0.6) is 0 Å². The zero-order valence-corrected chi connectivity index (χ0v) is 10.8. The van der Waals surface area contributed by atoms with Crippen LogP contribution in [0.3, 0.4) is 0 Å². The van der Waals surface area contributed by atoms with Crippen molar-refractivity contribution in [3.05, 3.63) is 46.7 Å². The molecule has 94 valence electrons. The summed E-state index contributed by atoms with van der Waals surface area (Å²) in [6.07, 6.45) is 0.641. The number of anilines is 1. The van der Waals surface area contributed by atoms with E-state index in [1.165, 1.54) is 17.4 Å². The molecule has 2 rings (SSSR count). The maximum absolute atomic E-state index is 13.3. The molecule has 0 spiro atoms. The number of nitrogens with zero attached hydrogens (tertiary/aromatic N) is 1. The number of amides is 1. The average molecular weight is 264 g/mol. The van der Waals surface area contributed by atoms with Crippen LogP contribution in [-0.4, -0.2) is 10.9 Å². The lowest BCUT2D eigenvalue weighted by atomic mass is 10.1. The summed E-state index contributed by atoms with van der Waals surface area (Å²) in [6.45, 7) is 1.87. The second kappa shape index (κ2) is 5.73. The molecule has 0 bridgehead atoms. The van der Waals surface area contributed by atoms with Crippen molar-refractivity contribution in [3.8, 4) is 0 Å². The number of thiazole rings is 1. The molecule has 0 fully saturated rings. The Kier molecular flexibility index (Phi) is 4.04. The summed E-state index contributed by atoms with van der Waals surface area (Å²) >= 11 is 1.39. The molecule has 0 unspecified atom stereocenters. The lowest BCUT2D eigenvalue weighted by Crippen LogP contribution is -2.12. The number of hydrogen-bond acceptors (Lipinski definition) is 3. The van der Waals surface area contributed by atoms with Crippen LogP contribution in [0.15, 0.2) is 29.6 Å². The van der Waals surface area contributed by atoms with Crippen molar-refractivity contribution in [1.82, 2.24) is 4.98 Å². The third-order valence-electron chi connectivity index (χ3n) is 2.44. The van der Waals surface area contributed by atoms with Crippen molar-refractivity contribution in [2.45, 2.75) is 19.8 Å². The summed E-state index contributed by atoms with van der Waals surface area (Å²) in [7, 11) is 0. The number of benzene rings is 1. The molecule has 5 heteroatoms. The number of hydrogen-bond donors (Lipinski definition) is 1. The molecule has 1 amide bonds. The molecule has 1 heterocycles. The highest BCUT2D eigenvalue weighted by Crippen LogP contribution is 2.15. The van der Waals surface area contributed by atoms with E-state index in [1.54, 1.807) is 18.2 Å². The maximum atomic E-state index is 13.3. The van der Waals surface area contributed by atoms with Crippen LogP contribution in [0.25, 0.3) is 0 Å². The van der Waals surface area contributed by atoms with Crippen molar-refractivity contribution in [3.63, 3.8) is 0 Å². The first-order chi connectivity index (χ1) is 8.65. The largest absolute Gasteiger partial charge is 0.302 e. The molecule has 1 aromatic carbocycles. The molecule has 18 heavy (non-hydrogen) atoms. The Morgan fingerprint density at radius 2 is 2.22 bits per heavy atom. The van der Waals surface area contributed by atoms with E-state index in [-0.39, 0.29) is 18.1 Å². The fourth-order valence-electron chi connectivity index (χ4n) is 1.54. The highest BCUT2D eigenvalue weighted by molar-refractivity contribution is 7.13. The van der Waals surface area contributed by atoms with Crippen LogP contribution >= 0.6 is 11.3 Å². The Morgan fingerprint density at radius 3 is 2.89 bits per heavy atom. The molecule has 0 saturated heterocycles. The zero-order chi connectivity index (χ0) is 13.0. The standard InChI is InChI=1S/C13H13FN2OS/c1-9-8-18-13(15-9)16-12(17)7-6-10-4-2-3-5-11(10)14/h2-5,8H,6-7H2,1H3,(H,15,16,17). The predicted molar refractivity (Wildman–Crippen MR) is 70.2 cm³/mol. The van der Waals surface area contributed by atoms with E-state index in [4.69, 9.17) is 0 Å². The van der Waals surface area contributed by atoms with Crippen molar-refractivity contribution in [2.75, 3.05) is 5.32 Å². The molecule has 0 atom stereocenters. The van der Waals surface area contributed by atoms with Gasteiger partial charge in [-0.05, 0) is 25.0 Å². The van der Waals surface area contributed by atoms with Gasteiger partial charge in [0.15, 0.2) is 5.13 Å². The van der Waals surface area contributed by atoms with Gasteiger partial charge >= 0.3 is 0 Å². The van der Waals surface area contributed by atoms with Gasteiger partial charge in [0.2, 0.25) is 5.91 Å². The minimum absolute atomic E-state index is 0.146. The van der Waals surface area contributed by atoms with E-state index in [2.05, 4.69) is 10.3 Å². The summed E-state index contributed by atoms with van der Waals surface area (Å²) in [5.41, 5.74) is 1.44. The molecule has 0 aliphatic heterocycles. The Morgan fingerprint density at radius 1 is 1.44 bits per heavy atom. The molecule has 0 aliphatic rings. The molecular formula is C13H13FN2OS. The highest BCUT2D eigenvalue weighted by atomic mass is 32.1. The van der Waals surface area contributed by atoms with E-state index in [0.29, 0.717) is 17.1 Å². The summed E-state index contributed by atoms with van der Waals surface area (Å²) in [5.74, 6) is -0.414. The van der Waals surface area contributed by atoms with Crippen molar-refractivity contribution < 1.29 is 9.18 Å². The van der Waals surface area contributed by atoms with Gasteiger partial charge in [-0.2, -0.15) is 0 Å². The Bertz CT molecular complexity index is 553. The summed E-state index contributed by atoms with van der Waals surface area (Å²) < 4.78 is 13.3. The topological polar surface area (TPSA) is 42.0 Å². The van der Waals surface area contributed by atoms with E-state index in [1.807, 2.05) is 12.3 Å². The van der Waals surface area contributed by atoms with Gasteiger partial charge in [0.05, 0.1) is 5.69 Å². The summed E-state index contributed by atoms with van der Waals surface area (Å²) in [5, 5.41) is 5.15. The van der Waals surface area contributed by atoms with Crippen molar-refractivity contribution >= 4 is 22.4 Å². The van der Waals surface area contributed by atoms with E-state index < -0.39 is 0 Å². The normalized spacial score (nSPS) is 10.3. The second-order valence-corrected chi connectivity index (χ2v) is 4.79. The summed E-state index contributed by atoms with van der Waals surface area (Å²) in [4.78, 5) is 15.8. The van der Waals surface area contributed by atoms with Gasteiger partial charge in [0.1, 0.15) is 5.82 Å². The summed E-state index contributed by atoms with van der Waals surface area (Å²) in [6, 6.07) is 6.49. The number of rotatable bonds is 4. The van der Waals surface area contributed by atoms with Crippen molar-refractivity contribution in [1.29, 1.82) is 0 Å².